The second kappa shape index (κ2) is 5.87. The predicted octanol–water partition coefficient (Wildman–Crippen LogP) is 2.24. The van der Waals surface area contributed by atoms with Crippen LogP contribution in [0.4, 0.5) is 0 Å². The summed E-state index contributed by atoms with van der Waals surface area (Å²) in [4.78, 5) is 0. The molecule has 2 nitrogen and oxygen atoms in total. The maximum Gasteiger partial charge on any atom is 0.106 e. The number of ether oxygens (including phenoxy) is 1. The van der Waals surface area contributed by atoms with Crippen molar-refractivity contribution in [2.45, 2.75) is 25.5 Å². The van der Waals surface area contributed by atoms with E-state index < -0.39 is 0 Å². The fraction of sp³-hybridized carbons (Fsp3) is 0.500. The number of hydrogen-bond acceptors (Lipinski definition) is 1. The molecule has 1 saturated heterocycles. The van der Waals surface area contributed by atoms with E-state index in [9.17, 15) is 0 Å². The molecule has 1 atom stereocenters. The van der Waals surface area contributed by atoms with Crippen LogP contribution in [0.1, 0.15) is 18.4 Å². The minimum atomic E-state index is 0.415. The van der Waals surface area contributed by atoms with E-state index in [0.717, 1.165) is 25.3 Å². The molecular weight excluding hydrogens is 245 g/mol. The van der Waals surface area contributed by atoms with E-state index in [-0.39, 0.29) is 0 Å². The maximum absolute atomic E-state index is 6.11. The van der Waals surface area contributed by atoms with Crippen molar-refractivity contribution in [3.8, 4) is 0 Å². The average Bonchev–Trinajstić information content (AvgIpc) is 2.77. The molecular formula is C12H16Cl2NO+. The van der Waals surface area contributed by atoms with Gasteiger partial charge in [-0.3, -0.25) is 0 Å². The summed E-state index contributed by atoms with van der Waals surface area (Å²) in [6.45, 7) is 2.78. The summed E-state index contributed by atoms with van der Waals surface area (Å²) in [7, 11) is 0. The zero-order valence-electron chi connectivity index (χ0n) is 9.09. The van der Waals surface area contributed by atoms with Crippen molar-refractivity contribution in [1.29, 1.82) is 0 Å². The first kappa shape index (κ1) is 12.2. The summed E-state index contributed by atoms with van der Waals surface area (Å²) in [5.41, 5.74) is 1.09. The van der Waals surface area contributed by atoms with Crippen LogP contribution in [0.2, 0.25) is 10.0 Å². The molecule has 0 radical (unpaired) electrons. The van der Waals surface area contributed by atoms with Gasteiger partial charge < -0.3 is 10.1 Å². The quantitative estimate of drug-likeness (QED) is 0.883. The fourth-order valence-electron chi connectivity index (χ4n) is 1.96. The molecule has 0 spiro atoms. The SMILES string of the molecule is Clc1cccc(C[NH2+]C[C@@H]2CCCO2)c1Cl. The molecule has 2 N–H and O–H groups in total. The van der Waals surface area contributed by atoms with Crippen LogP contribution < -0.4 is 5.32 Å². The zero-order valence-corrected chi connectivity index (χ0v) is 10.6. The van der Waals surface area contributed by atoms with E-state index >= 15 is 0 Å². The van der Waals surface area contributed by atoms with E-state index in [1.165, 1.54) is 12.8 Å². The Morgan fingerprint density at radius 1 is 1.38 bits per heavy atom. The van der Waals surface area contributed by atoms with Gasteiger partial charge in [-0.1, -0.05) is 35.3 Å². The summed E-state index contributed by atoms with van der Waals surface area (Å²) < 4.78 is 5.55. The van der Waals surface area contributed by atoms with Gasteiger partial charge in [0, 0.05) is 12.2 Å². The zero-order chi connectivity index (χ0) is 11.4. The number of rotatable bonds is 4. The van der Waals surface area contributed by atoms with Crippen LogP contribution in [0.5, 0.6) is 0 Å². The lowest BCUT2D eigenvalue weighted by atomic mass is 10.2. The van der Waals surface area contributed by atoms with E-state index in [2.05, 4.69) is 5.32 Å². The summed E-state index contributed by atoms with van der Waals surface area (Å²) in [5, 5.41) is 3.53. The lowest BCUT2D eigenvalue weighted by molar-refractivity contribution is -0.676. The van der Waals surface area contributed by atoms with Gasteiger partial charge in [0.2, 0.25) is 0 Å². The Balaban J connectivity index is 1.82. The van der Waals surface area contributed by atoms with Gasteiger partial charge in [-0.05, 0) is 18.9 Å². The van der Waals surface area contributed by atoms with Crippen LogP contribution in [-0.4, -0.2) is 19.3 Å². The van der Waals surface area contributed by atoms with Gasteiger partial charge in [0.15, 0.2) is 0 Å². The van der Waals surface area contributed by atoms with Crippen molar-refractivity contribution in [3.05, 3.63) is 33.8 Å². The number of benzene rings is 1. The topological polar surface area (TPSA) is 25.8 Å². The number of quaternary nitrogens is 1. The van der Waals surface area contributed by atoms with E-state index in [1.807, 2.05) is 18.2 Å². The summed E-state index contributed by atoms with van der Waals surface area (Å²) >= 11 is 12.1. The minimum absolute atomic E-state index is 0.415. The molecule has 0 amide bonds. The van der Waals surface area contributed by atoms with Crippen LogP contribution in [0, 0.1) is 0 Å². The Labute approximate surface area is 106 Å². The molecule has 0 aliphatic carbocycles. The highest BCUT2D eigenvalue weighted by Gasteiger charge is 2.17. The Bertz CT molecular complexity index is 351. The molecule has 1 aliphatic heterocycles. The van der Waals surface area contributed by atoms with E-state index in [4.69, 9.17) is 27.9 Å². The first-order valence-corrected chi connectivity index (χ1v) is 6.39. The highest BCUT2D eigenvalue weighted by molar-refractivity contribution is 6.42. The molecule has 88 valence electrons. The van der Waals surface area contributed by atoms with Crippen LogP contribution in [0.15, 0.2) is 18.2 Å². The highest BCUT2D eigenvalue weighted by atomic mass is 35.5. The first-order valence-electron chi connectivity index (χ1n) is 5.63. The third kappa shape index (κ3) is 3.11. The molecule has 2 rings (SSSR count). The minimum Gasteiger partial charge on any atom is -0.372 e. The van der Waals surface area contributed by atoms with Crippen molar-refractivity contribution in [1.82, 2.24) is 0 Å². The Kier molecular flexibility index (Phi) is 4.47. The average molecular weight is 261 g/mol. The molecule has 1 aromatic rings. The van der Waals surface area contributed by atoms with Crippen LogP contribution >= 0.6 is 23.2 Å². The van der Waals surface area contributed by atoms with Crippen molar-refractivity contribution >= 4 is 23.2 Å². The monoisotopic (exact) mass is 260 g/mol. The maximum atomic E-state index is 6.11. The molecule has 16 heavy (non-hydrogen) atoms. The van der Waals surface area contributed by atoms with E-state index in [1.54, 1.807) is 0 Å². The Morgan fingerprint density at radius 3 is 3.00 bits per heavy atom. The largest absolute Gasteiger partial charge is 0.372 e. The predicted molar refractivity (Wildman–Crippen MR) is 65.9 cm³/mol. The van der Waals surface area contributed by atoms with Crippen molar-refractivity contribution in [3.63, 3.8) is 0 Å². The Morgan fingerprint density at radius 2 is 2.25 bits per heavy atom. The molecule has 0 aromatic heterocycles. The number of hydrogen-bond donors (Lipinski definition) is 1. The molecule has 4 heteroatoms. The highest BCUT2D eigenvalue weighted by Crippen LogP contribution is 2.24. The smallest absolute Gasteiger partial charge is 0.106 e. The lowest BCUT2D eigenvalue weighted by Gasteiger charge is -2.09. The molecule has 0 bridgehead atoms. The number of nitrogens with two attached hydrogens (primary N) is 1. The molecule has 1 aliphatic rings. The summed E-state index contributed by atoms with van der Waals surface area (Å²) in [6.07, 6.45) is 2.79. The molecule has 1 fully saturated rings. The molecule has 1 aromatic carbocycles. The Hall–Kier alpha value is -0.280. The van der Waals surface area contributed by atoms with Gasteiger partial charge in [-0.15, -0.1) is 0 Å². The van der Waals surface area contributed by atoms with Gasteiger partial charge in [0.05, 0.1) is 10.0 Å². The van der Waals surface area contributed by atoms with Crippen LogP contribution in [0.25, 0.3) is 0 Å². The second-order valence-corrected chi connectivity index (χ2v) is 4.86. The van der Waals surface area contributed by atoms with Gasteiger partial charge in [0.25, 0.3) is 0 Å². The van der Waals surface area contributed by atoms with Crippen LogP contribution in [0.3, 0.4) is 0 Å². The second-order valence-electron chi connectivity index (χ2n) is 4.08. The third-order valence-electron chi connectivity index (χ3n) is 2.85. The van der Waals surface area contributed by atoms with Crippen molar-refractivity contribution in [2.24, 2.45) is 0 Å². The van der Waals surface area contributed by atoms with Crippen LogP contribution in [-0.2, 0) is 11.3 Å². The van der Waals surface area contributed by atoms with Crippen molar-refractivity contribution in [2.75, 3.05) is 13.2 Å². The van der Waals surface area contributed by atoms with Gasteiger partial charge in [-0.25, -0.2) is 0 Å². The standard InChI is InChI=1S/C12H15Cl2NO/c13-11-5-1-3-9(12(11)14)7-15-8-10-4-2-6-16-10/h1,3,5,10,15H,2,4,6-8H2/p+1/t10-/m0/s1. The molecule has 0 unspecified atom stereocenters. The summed E-state index contributed by atoms with van der Waals surface area (Å²) in [5.74, 6) is 0. The van der Waals surface area contributed by atoms with Gasteiger partial charge in [0.1, 0.15) is 19.2 Å². The fourth-order valence-corrected chi connectivity index (χ4v) is 2.36. The lowest BCUT2D eigenvalue weighted by Crippen LogP contribution is -2.84. The normalized spacial score (nSPS) is 20.2. The first-order chi connectivity index (χ1) is 7.77. The third-order valence-corrected chi connectivity index (χ3v) is 3.71. The van der Waals surface area contributed by atoms with E-state index in [0.29, 0.717) is 16.1 Å². The number of halogens is 2. The molecule has 1 heterocycles. The van der Waals surface area contributed by atoms with Gasteiger partial charge in [-0.2, -0.15) is 0 Å². The molecule has 0 saturated carbocycles. The summed E-state index contributed by atoms with van der Waals surface area (Å²) in [6, 6.07) is 5.76. The van der Waals surface area contributed by atoms with Gasteiger partial charge >= 0.3 is 0 Å². The van der Waals surface area contributed by atoms with Crippen molar-refractivity contribution < 1.29 is 10.1 Å².